The molecule has 1 aromatic rings. The molecule has 2 N–H and O–H groups in total. The molecule has 3 nitrogen and oxygen atoms in total. The standard InChI is InChI=1S/C13H19BFNO2/c1-9(10-3-4-10)16(2)8-11-5-6-12(15)7-13(11)14(17)18/h5-7,9-10,17-18H,3-4,8H2,1-2H3. The smallest absolute Gasteiger partial charge is 0.423 e. The van der Waals surface area contributed by atoms with Gasteiger partial charge in [0, 0.05) is 12.6 Å². The molecule has 18 heavy (non-hydrogen) atoms. The maximum absolute atomic E-state index is 13.1. The Hall–Kier alpha value is -0.905. The van der Waals surface area contributed by atoms with E-state index in [4.69, 9.17) is 0 Å². The van der Waals surface area contributed by atoms with Crippen LogP contribution in [0.25, 0.3) is 0 Å². The summed E-state index contributed by atoms with van der Waals surface area (Å²) in [6, 6.07) is 4.64. The molecule has 0 bridgehead atoms. The highest BCUT2D eigenvalue weighted by atomic mass is 19.1. The Bertz CT molecular complexity index is 423. The maximum Gasteiger partial charge on any atom is 0.488 e. The summed E-state index contributed by atoms with van der Waals surface area (Å²) in [5, 5.41) is 18.5. The quantitative estimate of drug-likeness (QED) is 0.758. The molecule has 1 aliphatic rings. The van der Waals surface area contributed by atoms with Crippen LogP contribution in [0.3, 0.4) is 0 Å². The number of hydrogen-bond donors (Lipinski definition) is 2. The Morgan fingerprint density at radius 3 is 2.67 bits per heavy atom. The van der Waals surface area contributed by atoms with Gasteiger partial charge >= 0.3 is 7.12 Å². The number of rotatable bonds is 5. The highest BCUT2D eigenvalue weighted by Crippen LogP contribution is 2.34. The molecule has 98 valence electrons. The normalized spacial score (nSPS) is 17.0. The monoisotopic (exact) mass is 251 g/mol. The van der Waals surface area contributed by atoms with Crippen LogP contribution >= 0.6 is 0 Å². The summed E-state index contributed by atoms with van der Waals surface area (Å²) in [7, 11) is 0.389. The van der Waals surface area contributed by atoms with Crippen LogP contribution in [0.15, 0.2) is 18.2 Å². The van der Waals surface area contributed by atoms with E-state index in [0.29, 0.717) is 12.6 Å². The molecule has 2 rings (SSSR count). The summed E-state index contributed by atoms with van der Waals surface area (Å²) in [4.78, 5) is 2.18. The summed E-state index contributed by atoms with van der Waals surface area (Å²) in [5.41, 5.74) is 1.02. The third kappa shape index (κ3) is 3.10. The van der Waals surface area contributed by atoms with E-state index in [1.54, 1.807) is 6.07 Å². The van der Waals surface area contributed by atoms with Gasteiger partial charge in [0.25, 0.3) is 0 Å². The fourth-order valence-electron chi connectivity index (χ4n) is 2.30. The lowest BCUT2D eigenvalue weighted by Gasteiger charge is -2.25. The first-order chi connectivity index (χ1) is 8.49. The second-order valence-electron chi connectivity index (χ2n) is 5.21. The Labute approximate surface area is 107 Å². The summed E-state index contributed by atoms with van der Waals surface area (Å²) >= 11 is 0. The van der Waals surface area contributed by atoms with Crippen molar-refractivity contribution < 1.29 is 14.4 Å². The molecule has 0 heterocycles. The fraction of sp³-hybridized carbons (Fsp3) is 0.538. The largest absolute Gasteiger partial charge is 0.488 e. The Morgan fingerprint density at radius 1 is 1.44 bits per heavy atom. The SMILES string of the molecule is CC(C1CC1)N(C)Cc1ccc(F)cc1B(O)O. The first kappa shape index (κ1) is 13.5. The van der Waals surface area contributed by atoms with Gasteiger partial charge in [0.05, 0.1) is 0 Å². The summed E-state index contributed by atoms with van der Waals surface area (Å²) in [6.45, 7) is 2.78. The highest BCUT2D eigenvalue weighted by molar-refractivity contribution is 6.59. The van der Waals surface area contributed by atoms with Crippen LogP contribution in [0.1, 0.15) is 25.3 Å². The van der Waals surface area contributed by atoms with Crippen molar-refractivity contribution in [1.82, 2.24) is 4.90 Å². The first-order valence-electron chi connectivity index (χ1n) is 6.33. The molecule has 0 spiro atoms. The molecular formula is C13H19BFNO2. The molecule has 1 atom stereocenters. The Morgan fingerprint density at radius 2 is 2.11 bits per heavy atom. The Balaban J connectivity index is 2.12. The molecule has 0 saturated heterocycles. The first-order valence-corrected chi connectivity index (χ1v) is 6.33. The Kier molecular flexibility index (Phi) is 4.05. The molecule has 1 unspecified atom stereocenters. The van der Waals surface area contributed by atoms with Gasteiger partial charge in [-0.2, -0.15) is 0 Å². The van der Waals surface area contributed by atoms with Gasteiger partial charge in [-0.1, -0.05) is 6.07 Å². The maximum atomic E-state index is 13.1. The van der Waals surface area contributed by atoms with Crippen molar-refractivity contribution in [3.63, 3.8) is 0 Å². The van der Waals surface area contributed by atoms with E-state index < -0.39 is 12.9 Å². The van der Waals surface area contributed by atoms with Crippen molar-refractivity contribution in [2.45, 2.75) is 32.4 Å². The van der Waals surface area contributed by atoms with Crippen molar-refractivity contribution in [3.8, 4) is 0 Å². The number of benzene rings is 1. The second-order valence-corrected chi connectivity index (χ2v) is 5.21. The van der Waals surface area contributed by atoms with Gasteiger partial charge < -0.3 is 10.0 Å². The van der Waals surface area contributed by atoms with Gasteiger partial charge in [0.2, 0.25) is 0 Å². The average molecular weight is 251 g/mol. The van der Waals surface area contributed by atoms with E-state index in [9.17, 15) is 14.4 Å². The molecule has 5 heteroatoms. The van der Waals surface area contributed by atoms with Gasteiger partial charge in [-0.3, -0.25) is 4.90 Å². The molecule has 1 fully saturated rings. The second kappa shape index (κ2) is 5.39. The lowest BCUT2D eigenvalue weighted by molar-refractivity contribution is 0.227. The zero-order valence-electron chi connectivity index (χ0n) is 10.8. The van der Waals surface area contributed by atoms with E-state index in [-0.39, 0.29) is 5.46 Å². The van der Waals surface area contributed by atoms with Crippen LogP contribution in [0.2, 0.25) is 0 Å². The molecule has 0 amide bonds. The van der Waals surface area contributed by atoms with Crippen molar-refractivity contribution in [2.75, 3.05) is 7.05 Å². The lowest BCUT2D eigenvalue weighted by atomic mass is 9.77. The zero-order valence-corrected chi connectivity index (χ0v) is 10.8. The summed E-state index contributed by atoms with van der Waals surface area (Å²) in [5.74, 6) is 0.303. The van der Waals surface area contributed by atoms with Gasteiger partial charge in [-0.25, -0.2) is 4.39 Å². The third-order valence-electron chi connectivity index (χ3n) is 3.81. The van der Waals surface area contributed by atoms with Crippen LogP contribution in [0, 0.1) is 11.7 Å². The predicted molar refractivity (Wildman–Crippen MR) is 69.9 cm³/mol. The van der Waals surface area contributed by atoms with E-state index in [1.165, 1.54) is 25.0 Å². The summed E-state index contributed by atoms with van der Waals surface area (Å²) < 4.78 is 13.1. The van der Waals surface area contributed by atoms with Gasteiger partial charge in [-0.15, -0.1) is 0 Å². The molecule has 1 saturated carbocycles. The van der Waals surface area contributed by atoms with Crippen molar-refractivity contribution in [2.24, 2.45) is 5.92 Å². The average Bonchev–Trinajstić information content (AvgIpc) is 3.14. The van der Waals surface area contributed by atoms with Crippen LogP contribution in [-0.2, 0) is 6.54 Å². The topological polar surface area (TPSA) is 43.7 Å². The lowest BCUT2D eigenvalue weighted by Crippen LogP contribution is -2.37. The molecule has 1 aromatic carbocycles. The minimum absolute atomic E-state index is 0.254. The summed E-state index contributed by atoms with van der Waals surface area (Å²) in [6.07, 6.45) is 2.54. The van der Waals surface area contributed by atoms with Crippen LogP contribution in [-0.4, -0.2) is 35.2 Å². The van der Waals surface area contributed by atoms with Gasteiger partial charge in [0.1, 0.15) is 5.82 Å². The fourth-order valence-corrected chi connectivity index (χ4v) is 2.30. The van der Waals surface area contributed by atoms with E-state index in [1.807, 2.05) is 7.05 Å². The van der Waals surface area contributed by atoms with Gasteiger partial charge in [-0.05, 0) is 55.9 Å². The van der Waals surface area contributed by atoms with Gasteiger partial charge in [0.15, 0.2) is 0 Å². The minimum atomic E-state index is -1.62. The highest BCUT2D eigenvalue weighted by Gasteiger charge is 2.30. The molecule has 0 aliphatic heterocycles. The predicted octanol–water partition coefficient (Wildman–Crippen LogP) is 0.736. The molecule has 0 aromatic heterocycles. The van der Waals surface area contributed by atoms with E-state index in [0.717, 1.165) is 11.5 Å². The van der Waals surface area contributed by atoms with E-state index in [2.05, 4.69) is 11.8 Å². The third-order valence-corrected chi connectivity index (χ3v) is 3.81. The molecule has 1 aliphatic carbocycles. The van der Waals surface area contributed by atoms with Crippen LogP contribution < -0.4 is 5.46 Å². The molecule has 0 radical (unpaired) electrons. The minimum Gasteiger partial charge on any atom is -0.423 e. The van der Waals surface area contributed by atoms with Crippen molar-refractivity contribution in [3.05, 3.63) is 29.6 Å². The van der Waals surface area contributed by atoms with Crippen LogP contribution in [0.5, 0.6) is 0 Å². The van der Waals surface area contributed by atoms with Crippen molar-refractivity contribution in [1.29, 1.82) is 0 Å². The zero-order chi connectivity index (χ0) is 13.3. The number of hydrogen-bond acceptors (Lipinski definition) is 3. The van der Waals surface area contributed by atoms with E-state index >= 15 is 0 Å². The number of halogens is 1. The molecular weight excluding hydrogens is 232 g/mol. The van der Waals surface area contributed by atoms with Crippen molar-refractivity contribution >= 4 is 12.6 Å². The van der Waals surface area contributed by atoms with Crippen LogP contribution in [0.4, 0.5) is 4.39 Å². The number of nitrogens with zero attached hydrogens (tertiary/aromatic N) is 1.